The number of hydrogen-bond acceptors (Lipinski definition) is 2. The summed E-state index contributed by atoms with van der Waals surface area (Å²) in [7, 11) is -1.36. The van der Waals surface area contributed by atoms with E-state index in [1.54, 1.807) is 12.1 Å². The smallest absolute Gasteiger partial charge is 0.128 e. The van der Waals surface area contributed by atoms with Crippen molar-refractivity contribution >= 4 is 26.9 Å². The van der Waals surface area contributed by atoms with Gasteiger partial charge in [-0.25, -0.2) is 13.3 Å². The average Bonchev–Trinajstić information content (AvgIpc) is 3.04. The Morgan fingerprint density at radius 3 is 2.46 bits per heavy atom. The van der Waals surface area contributed by atoms with Gasteiger partial charge in [0.2, 0.25) is 0 Å². The van der Waals surface area contributed by atoms with E-state index in [0.29, 0.717) is 18.4 Å². The van der Waals surface area contributed by atoms with Gasteiger partial charge < -0.3 is 0 Å². The summed E-state index contributed by atoms with van der Waals surface area (Å²) in [5, 5.41) is 9.68. The molecule has 2 atom stereocenters. The van der Waals surface area contributed by atoms with Crippen molar-refractivity contribution < 1.29 is 8.60 Å². The predicted molar refractivity (Wildman–Crippen MR) is 108 cm³/mol. The normalized spacial score (nSPS) is 20.3. The molecule has 1 saturated carbocycles. The number of rotatable bonds is 6. The summed E-state index contributed by atoms with van der Waals surface area (Å²) in [6.45, 7) is 7.56. The Labute approximate surface area is 167 Å². The van der Waals surface area contributed by atoms with E-state index in [1.165, 1.54) is 6.07 Å². The zero-order valence-electron chi connectivity index (χ0n) is 16.0. The summed E-state index contributed by atoms with van der Waals surface area (Å²) >= 11 is 3.41. The molecule has 0 unspecified atom stereocenters. The molecule has 144 valence electrons. The first-order valence-electron chi connectivity index (χ1n) is 9.08. The van der Waals surface area contributed by atoms with Gasteiger partial charge in [-0.1, -0.05) is 28.8 Å². The molecule has 1 aromatic carbocycles. The van der Waals surface area contributed by atoms with Crippen LogP contribution in [0.1, 0.15) is 71.8 Å². The topological polar surface area (TPSA) is 52.9 Å². The van der Waals surface area contributed by atoms with E-state index in [0.717, 1.165) is 30.2 Å². The van der Waals surface area contributed by atoms with Crippen molar-refractivity contribution in [3.63, 3.8) is 0 Å². The maximum Gasteiger partial charge on any atom is 0.128 e. The second-order valence-electron chi connectivity index (χ2n) is 8.54. The Balaban J connectivity index is 2.36. The fraction of sp³-hybridized carbons (Fsp3) is 0.650. The maximum absolute atomic E-state index is 14.7. The molecule has 1 fully saturated rings. The number of nitrogens with zero attached hydrogens (tertiary/aromatic N) is 1. The van der Waals surface area contributed by atoms with Crippen LogP contribution in [-0.2, 0) is 16.5 Å². The molecule has 2 rings (SSSR count). The van der Waals surface area contributed by atoms with Crippen LogP contribution in [0, 0.1) is 22.6 Å². The van der Waals surface area contributed by atoms with Gasteiger partial charge in [0.1, 0.15) is 5.82 Å². The second-order valence-corrected chi connectivity index (χ2v) is 11.4. The molecule has 1 N–H and O–H groups in total. The molecule has 1 aliphatic rings. The molecular formula is C20H28BrFN2OS. The van der Waals surface area contributed by atoms with E-state index in [9.17, 15) is 13.9 Å². The molecular weight excluding hydrogens is 415 g/mol. The SMILES string of the molecule is CC(C)(C)[S@@](=O)N[C@@](C)(CCC1(C#N)CCCC1)c1cc(Br)ccc1F. The molecule has 1 aromatic rings. The molecule has 0 aromatic heterocycles. The van der Waals surface area contributed by atoms with Crippen LogP contribution in [0.2, 0.25) is 0 Å². The molecule has 0 amide bonds. The van der Waals surface area contributed by atoms with Crippen molar-refractivity contribution in [1.29, 1.82) is 5.26 Å². The minimum atomic E-state index is -1.36. The molecule has 3 nitrogen and oxygen atoms in total. The third kappa shape index (κ3) is 4.94. The van der Waals surface area contributed by atoms with Crippen molar-refractivity contribution in [2.24, 2.45) is 5.41 Å². The minimum Gasteiger partial charge on any atom is -0.242 e. The molecule has 0 aliphatic heterocycles. The first kappa shape index (κ1) is 21.5. The summed E-state index contributed by atoms with van der Waals surface area (Å²) < 4.78 is 31.0. The largest absolute Gasteiger partial charge is 0.242 e. The van der Waals surface area contributed by atoms with Crippen molar-refractivity contribution in [1.82, 2.24) is 4.72 Å². The lowest BCUT2D eigenvalue weighted by molar-refractivity contribution is 0.289. The van der Waals surface area contributed by atoms with Gasteiger partial charge in [0.15, 0.2) is 0 Å². The average molecular weight is 443 g/mol. The summed E-state index contributed by atoms with van der Waals surface area (Å²) in [6, 6.07) is 7.34. The van der Waals surface area contributed by atoms with Gasteiger partial charge in [0.05, 0.1) is 32.8 Å². The van der Waals surface area contributed by atoms with Crippen LogP contribution in [0.25, 0.3) is 0 Å². The minimum absolute atomic E-state index is 0.327. The van der Waals surface area contributed by atoms with Gasteiger partial charge in [-0.2, -0.15) is 5.26 Å². The Hall–Kier alpha value is -0.770. The third-order valence-corrected chi connectivity index (χ3v) is 7.54. The Kier molecular flexibility index (Phi) is 6.69. The van der Waals surface area contributed by atoms with Crippen LogP contribution in [0.15, 0.2) is 22.7 Å². The van der Waals surface area contributed by atoms with Crippen molar-refractivity contribution in [2.75, 3.05) is 0 Å². The first-order valence-corrected chi connectivity index (χ1v) is 11.0. The number of benzene rings is 1. The van der Waals surface area contributed by atoms with E-state index < -0.39 is 21.3 Å². The standard InChI is InChI=1S/C20H28BrFN2OS/c1-18(2,3)26(25)24-19(4,16-13-15(21)7-8-17(16)22)11-12-20(14-23)9-5-6-10-20/h7-8,13,24H,5-6,9-12H2,1-4H3/t19-,26+/m0/s1. The van der Waals surface area contributed by atoms with E-state index in [4.69, 9.17) is 0 Å². The lowest BCUT2D eigenvalue weighted by Crippen LogP contribution is -2.47. The first-order chi connectivity index (χ1) is 12.0. The molecule has 0 heterocycles. The van der Waals surface area contributed by atoms with Crippen LogP contribution in [0.5, 0.6) is 0 Å². The van der Waals surface area contributed by atoms with Crippen LogP contribution in [-0.4, -0.2) is 8.96 Å². The lowest BCUT2D eigenvalue weighted by atomic mass is 9.77. The van der Waals surface area contributed by atoms with Crippen LogP contribution in [0.4, 0.5) is 4.39 Å². The predicted octanol–water partition coefficient (Wildman–Crippen LogP) is 5.72. The van der Waals surface area contributed by atoms with Gasteiger partial charge >= 0.3 is 0 Å². The lowest BCUT2D eigenvalue weighted by Gasteiger charge is -2.36. The number of nitriles is 1. The molecule has 26 heavy (non-hydrogen) atoms. The van der Waals surface area contributed by atoms with Crippen molar-refractivity contribution in [3.8, 4) is 6.07 Å². The quantitative estimate of drug-likeness (QED) is 0.612. The fourth-order valence-electron chi connectivity index (χ4n) is 3.48. The van der Waals surface area contributed by atoms with E-state index in [1.807, 2.05) is 27.7 Å². The number of nitrogens with one attached hydrogen (secondary N) is 1. The third-order valence-electron chi connectivity index (χ3n) is 5.30. The van der Waals surface area contributed by atoms with Gasteiger partial charge in [-0.3, -0.25) is 0 Å². The van der Waals surface area contributed by atoms with Crippen molar-refractivity contribution in [2.45, 2.75) is 76.5 Å². The molecule has 0 spiro atoms. The molecule has 0 bridgehead atoms. The van der Waals surface area contributed by atoms with E-state index in [-0.39, 0.29) is 11.2 Å². The highest BCUT2D eigenvalue weighted by Crippen LogP contribution is 2.44. The van der Waals surface area contributed by atoms with Gasteiger partial charge in [0.25, 0.3) is 0 Å². The Morgan fingerprint density at radius 2 is 1.92 bits per heavy atom. The molecule has 0 radical (unpaired) electrons. The number of halogens is 2. The zero-order chi connectivity index (χ0) is 19.6. The van der Waals surface area contributed by atoms with Crippen molar-refractivity contribution in [3.05, 3.63) is 34.1 Å². The highest BCUT2D eigenvalue weighted by Gasteiger charge is 2.40. The number of hydrogen-bond donors (Lipinski definition) is 1. The van der Waals surface area contributed by atoms with Crippen LogP contribution < -0.4 is 4.72 Å². The highest BCUT2D eigenvalue weighted by molar-refractivity contribution is 9.10. The van der Waals surface area contributed by atoms with E-state index in [2.05, 4.69) is 26.7 Å². The van der Waals surface area contributed by atoms with Gasteiger partial charge in [-0.05, 0) is 71.6 Å². The summed E-state index contributed by atoms with van der Waals surface area (Å²) in [5.41, 5.74) is -0.678. The summed E-state index contributed by atoms with van der Waals surface area (Å²) in [6.07, 6.45) is 5.13. The van der Waals surface area contributed by atoms with E-state index >= 15 is 0 Å². The van der Waals surface area contributed by atoms with Crippen LogP contribution >= 0.6 is 15.9 Å². The summed E-state index contributed by atoms with van der Waals surface area (Å²) in [4.78, 5) is 0. The molecule has 0 saturated heterocycles. The monoisotopic (exact) mass is 442 g/mol. The highest BCUT2D eigenvalue weighted by atomic mass is 79.9. The molecule has 1 aliphatic carbocycles. The fourth-order valence-corrected chi connectivity index (χ4v) is 4.77. The second kappa shape index (κ2) is 8.08. The van der Waals surface area contributed by atoms with Gasteiger partial charge in [-0.15, -0.1) is 0 Å². The zero-order valence-corrected chi connectivity index (χ0v) is 18.4. The summed E-state index contributed by atoms with van der Waals surface area (Å²) in [5.74, 6) is -0.327. The van der Waals surface area contributed by atoms with Crippen LogP contribution in [0.3, 0.4) is 0 Å². The Morgan fingerprint density at radius 1 is 1.31 bits per heavy atom. The molecule has 6 heteroatoms. The van der Waals surface area contributed by atoms with Gasteiger partial charge in [0, 0.05) is 10.0 Å². The maximum atomic E-state index is 14.7. The Bertz CT molecular complexity index is 720.